The lowest BCUT2D eigenvalue weighted by molar-refractivity contribution is 0.299. The Balaban J connectivity index is 1.45. The summed E-state index contributed by atoms with van der Waals surface area (Å²) in [6.07, 6.45) is 3.11. The van der Waals surface area contributed by atoms with Crippen molar-refractivity contribution < 1.29 is 13.6 Å². The van der Waals surface area contributed by atoms with Gasteiger partial charge >= 0.3 is 0 Å². The SMILES string of the molecule is Cc1oc(-c2ccco2)nc1COc1ccc(-n2cnnn2)cc1. The van der Waals surface area contributed by atoms with Gasteiger partial charge in [-0.25, -0.2) is 9.67 Å². The van der Waals surface area contributed by atoms with Gasteiger partial charge in [0.2, 0.25) is 0 Å². The summed E-state index contributed by atoms with van der Waals surface area (Å²) in [6.45, 7) is 2.15. The van der Waals surface area contributed by atoms with Gasteiger partial charge in [0.05, 0.1) is 12.0 Å². The molecule has 4 aromatic rings. The summed E-state index contributed by atoms with van der Waals surface area (Å²) < 4.78 is 18.2. The third-order valence-corrected chi connectivity index (χ3v) is 3.45. The molecule has 0 aliphatic rings. The molecule has 0 saturated carbocycles. The number of oxazole rings is 1. The van der Waals surface area contributed by atoms with Crippen molar-refractivity contribution in [2.75, 3.05) is 0 Å². The van der Waals surface area contributed by atoms with Gasteiger partial charge in [0, 0.05) is 0 Å². The van der Waals surface area contributed by atoms with Gasteiger partial charge in [0.15, 0.2) is 5.76 Å². The molecule has 0 amide bonds. The minimum atomic E-state index is 0.306. The first-order chi connectivity index (χ1) is 11.8. The van der Waals surface area contributed by atoms with Crippen molar-refractivity contribution in [2.45, 2.75) is 13.5 Å². The summed E-state index contributed by atoms with van der Waals surface area (Å²) in [4.78, 5) is 4.41. The van der Waals surface area contributed by atoms with E-state index in [4.69, 9.17) is 13.6 Å². The lowest BCUT2D eigenvalue weighted by Crippen LogP contribution is -1.99. The van der Waals surface area contributed by atoms with Crippen molar-refractivity contribution >= 4 is 0 Å². The van der Waals surface area contributed by atoms with Crippen LogP contribution in [0.4, 0.5) is 0 Å². The van der Waals surface area contributed by atoms with E-state index in [-0.39, 0.29) is 0 Å². The van der Waals surface area contributed by atoms with Gasteiger partial charge in [-0.2, -0.15) is 0 Å². The van der Waals surface area contributed by atoms with E-state index in [0.29, 0.717) is 29.8 Å². The number of hydrogen-bond acceptors (Lipinski definition) is 7. The third kappa shape index (κ3) is 2.76. The fourth-order valence-corrected chi connectivity index (χ4v) is 2.19. The maximum absolute atomic E-state index is 5.76. The fourth-order valence-electron chi connectivity index (χ4n) is 2.19. The molecular formula is C16H13N5O3. The Hall–Kier alpha value is -3.42. The van der Waals surface area contributed by atoms with Crippen LogP contribution in [-0.4, -0.2) is 25.2 Å². The number of benzene rings is 1. The minimum absolute atomic E-state index is 0.306. The van der Waals surface area contributed by atoms with E-state index in [2.05, 4.69) is 20.5 Å². The van der Waals surface area contributed by atoms with E-state index >= 15 is 0 Å². The van der Waals surface area contributed by atoms with Crippen LogP contribution in [0.1, 0.15) is 11.5 Å². The number of tetrazole rings is 1. The lowest BCUT2D eigenvalue weighted by Gasteiger charge is -2.05. The summed E-state index contributed by atoms with van der Waals surface area (Å²) in [5.74, 6) is 2.46. The van der Waals surface area contributed by atoms with Gasteiger partial charge in [-0.15, -0.1) is 5.10 Å². The van der Waals surface area contributed by atoms with Gasteiger partial charge in [-0.05, 0) is 53.7 Å². The van der Waals surface area contributed by atoms with Crippen LogP contribution in [0, 0.1) is 6.92 Å². The normalized spacial score (nSPS) is 10.9. The van der Waals surface area contributed by atoms with Crippen molar-refractivity contribution in [1.82, 2.24) is 25.2 Å². The van der Waals surface area contributed by atoms with E-state index in [1.54, 1.807) is 23.1 Å². The van der Waals surface area contributed by atoms with Crippen molar-refractivity contribution in [3.63, 3.8) is 0 Å². The molecule has 0 atom stereocenters. The molecule has 3 heterocycles. The Morgan fingerprint density at radius 3 is 2.75 bits per heavy atom. The van der Waals surface area contributed by atoms with E-state index in [9.17, 15) is 0 Å². The smallest absolute Gasteiger partial charge is 0.263 e. The van der Waals surface area contributed by atoms with Gasteiger partial charge in [-0.1, -0.05) is 0 Å². The second-order valence-electron chi connectivity index (χ2n) is 5.04. The third-order valence-electron chi connectivity index (χ3n) is 3.45. The monoisotopic (exact) mass is 323 g/mol. The quantitative estimate of drug-likeness (QED) is 0.557. The molecule has 0 aliphatic carbocycles. The first-order valence-electron chi connectivity index (χ1n) is 7.26. The molecule has 0 N–H and O–H groups in total. The maximum Gasteiger partial charge on any atom is 0.263 e. The predicted octanol–water partition coefficient (Wildman–Crippen LogP) is 2.80. The molecule has 1 aromatic carbocycles. The zero-order valence-corrected chi connectivity index (χ0v) is 12.8. The van der Waals surface area contributed by atoms with Gasteiger partial charge < -0.3 is 13.6 Å². The first kappa shape index (κ1) is 14.2. The van der Waals surface area contributed by atoms with E-state index in [1.807, 2.05) is 31.2 Å². The molecule has 120 valence electrons. The van der Waals surface area contributed by atoms with E-state index < -0.39 is 0 Å². The average Bonchev–Trinajstić information content (AvgIpc) is 3.35. The zero-order valence-electron chi connectivity index (χ0n) is 12.8. The Kier molecular flexibility index (Phi) is 3.54. The number of aromatic nitrogens is 5. The number of furan rings is 1. The predicted molar refractivity (Wildman–Crippen MR) is 82.4 cm³/mol. The summed E-state index contributed by atoms with van der Waals surface area (Å²) in [6, 6.07) is 11.0. The Labute approximate surface area is 136 Å². The van der Waals surface area contributed by atoms with Crippen molar-refractivity contribution in [3.8, 4) is 23.1 Å². The highest BCUT2D eigenvalue weighted by Crippen LogP contribution is 2.23. The summed E-state index contributed by atoms with van der Waals surface area (Å²) in [7, 11) is 0. The van der Waals surface area contributed by atoms with E-state index in [1.165, 1.54) is 6.33 Å². The molecule has 0 radical (unpaired) electrons. The van der Waals surface area contributed by atoms with Crippen molar-refractivity contribution in [3.05, 3.63) is 60.4 Å². The van der Waals surface area contributed by atoms with Crippen LogP contribution in [0.25, 0.3) is 17.3 Å². The van der Waals surface area contributed by atoms with Crippen LogP contribution in [0.3, 0.4) is 0 Å². The van der Waals surface area contributed by atoms with Gasteiger partial charge in [0.1, 0.15) is 30.1 Å². The molecule has 24 heavy (non-hydrogen) atoms. The highest BCUT2D eigenvalue weighted by atomic mass is 16.5. The van der Waals surface area contributed by atoms with Crippen LogP contribution in [0.15, 0.2) is 57.8 Å². The highest BCUT2D eigenvalue weighted by Gasteiger charge is 2.13. The molecule has 3 aromatic heterocycles. The van der Waals surface area contributed by atoms with Gasteiger partial charge in [0.25, 0.3) is 5.89 Å². The molecule has 0 unspecified atom stereocenters. The maximum atomic E-state index is 5.76. The average molecular weight is 323 g/mol. The van der Waals surface area contributed by atoms with Crippen LogP contribution >= 0.6 is 0 Å². The molecule has 8 heteroatoms. The molecule has 0 aliphatic heterocycles. The topological polar surface area (TPSA) is 92.0 Å². The molecule has 0 spiro atoms. The summed E-state index contributed by atoms with van der Waals surface area (Å²) in [5, 5.41) is 11.0. The number of ether oxygens (including phenoxy) is 1. The second kappa shape index (κ2) is 5.99. The van der Waals surface area contributed by atoms with Gasteiger partial charge in [-0.3, -0.25) is 0 Å². The molecule has 0 fully saturated rings. The molecular weight excluding hydrogens is 310 g/mol. The van der Waals surface area contributed by atoms with Crippen molar-refractivity contribution in [2.24, 2.45) is 0 Å². The largest absolute Gasteiger partial charge is 0.487 e. The van der Waals surface area contributed by atoms with Crippen LogP contribution in [0.2, 0.25) is 0 Å². The zero-order chi connectivity index (χ0) is 16.4. The Morgan fingerprint density at radius 1 is 1.17 bits per heavy atom. The summed E-state index contributed by atoms with van der Waals surface area (Å²) in [5.41, 5.74) is 1.58. The molecule has 0 bridgehead atoms. The molecule has 0 saturated heterocycles. The van der Waals surface area contributed by atoms with Crippen LogP contribution in [-0.2, 0) is 6.61 Å². The molecule has 8 nitrogen and oxygen atoms in total. The lowest BCUT2D eigenvalue weighted by atomic mass is 10.3. The Bertz CT molecular complexity index is 911. The second-order valence-corrected chi connectivity index (χ2v) is 5.04. The van der Waals surface area contributed by atoms with Crippen molar-refractivity contribution in [1.29, 1.82) is 0 Å². The minimum Gasteiger partial charge on any atom is -0.487 e. The number of aryl methyl sites for hydroxylation is 1. The molecule has 4 rings (SSSR count). The van der Waals surface area contributed by atoms with Crippen LogP contribution < -0.4 is 4.74 Å². The van der Waals surface area contributed by atoms with Crippen LogP contribution in [0.5, 0.6) is 5.75 Å². The summed E-state index contributed by atoms with van der Waals surface area (Å²) >= 11 is 0. The van der Waals surface area contributed by atoms with E-state index in [0.717, 1.165) is 11.4 Å². The first-order valence-corrected chi connectivity index (χ1v) is 7.26. The Morgan fingerprint density at radius 2 is 2.04 bits per heavy atom. The number of hydrogen-bond donors (Lipinski definition) is 0. The highest BCUT2D eigenvalue weighted by molar-refractivity contribution is 5.44. The number of nitrogens with zero attached hydrogens (tertiary/aromatic N) is 5. The number of rotatable bonds is 5. The fraction of sp³-hybridized carbons (Fsp3) is 0.125. The standard InChI is InChI=1S/C16H13N5O3/c1-11-14(18-16(24-11)15-3-2-8-22-15)9-23-13-6-4-12(5-7-13)21-10-17-19-20-21/h2-8,10H,9H2,1H3.